The maximum absolute atomic E-state index is 12.4. The first kappa shape index (κ1) is 18.0. The lowest BCUT2D eigenvalue weighted by Gasteiger charge is -2.38. The highest BCUT2D eigenvalue weighted by Gasteiger charge is 2.21. The summed E-state index contributed by atoms with van der Waals surface area (Å²) in [5.41, 5.74) is 1.87. The van der Waals surface area contributed by atoms with Gasteiger partial charge in [0.1, 0.15) is 0 Å². The number of aliphatic hydroxyl groups is 1. The van der Waals surface area contributed by atoms with E-state index in [0.717, 1.165) is 32.6 Å². The zero-order chi connectivity index (χ0) is 17.8. The topological polar surface area (TPSA) is 55.8 Å². The molecule has 0 spiro atoms. The Labute approximate surface area is 150 Å². The van der Waals surface area contributed by atoms with Gasteiger partial charge in [0.25, 0.3) is 5.91 Å². The SMILES string of the molecule is CC(C)N1CCN(c2ccc(C(=O)N[C@@H]3C=C[C@H](CO)C3)cc2)CC1. The molecule has 2 N–H and O–H groups in total. The zero-order valence-electron chi connectivity index (χ0n) is 15.2. The number of aliphatic hydroxyl groups excluding tert-OH is 1. The minimum absolute atomic E-state index is 0.0217. The van der Waals surface area contributed by atoms with Gasteiger partial charge in [0.15, 0.2) is 0 Å². The van der Waals surface area contributed by atoms with Gasteiger partial charge in [-0.25, -0.2) is 0 Å². The summed E-state index contributed by atoms with van der Waals surface area (Å²) in [5, 5.41) is 12.2. The molecule has 0 saturated carbocycles. The summed E-state index contributed by atoms with van der Waals surface area (Å²) in [6.07, 6.45) is 4.73. The van der Waals surface area contributed by atoms with E-state index in [1.807, 2.05) is 36.4 Å². The average Bonchev–Trinajstić information content (AvgIpc) is 3.09. The van der Waals surface area contributed by atoms with Crippen LogP contribution in [0.4, 0.5) is 5.69 Å². The van der Waals surface area contributed by atoms with Crippen LogP contribution in [0.2, 0.25) is 0 Å². The molecule has 1 saturated heterocycles. The molecule has 1 amide bonds. The summed E-state index contributed by atoms with van der Waals surface area (Å²) < 4.78 is 0. The molecule has 2 aliphatic rings. The summed E-state index contributed by atoms with van der Waals surface area (Å²) in [5.74, 6) is 0.113. The molecule has 5 nitrogen and oxygen atoms in total. The first-order valence-electron chi connectivity index (χ1n) is 9.26. The number of carbonyl (C=O) groups excluding carboxylic acids is 1. The van der Waals surface area contributed by atoms with E-state index in [9.17, 15) is 4.79 Å². The Hall–Kier alpha value is -1.85. The number of nitrogens with zero attached hydrogens (tertiary/aromatic N) is 2. The molecule has 25 heavy (non-hydrogen) atoms. The molecule has 0 aromatic heterocycles. The Bertz CT molecular complexity index is 604. The highest BCUT2D eigenvalue weighted by atomic mass is 16.3. The number of piperazine rings is 1. The fraction of sp³-hybridized carbons (Fsp3) is 0.550. The lowest BCUT2D eigenvalue weighted by Crippen LogP contribution is -2.48. The van der Waals surface area contributed by atoms with Gasteiger partial charge >= 0.3 is 0 Å². The predicted molar refractivity (Wildman–Crippen MR) is 101 cm³/mol. The molecular weight excluding hydrogens is 314 g/mol. The van der Waals surface area contributed by atoms with Gasteiger partial charge in [-0.2, -0.15) is 0 Å². The standard InChI is InChI=1S/C20H29N3O2/c1-15(2)22-9-11-23(12-10-22)19-7-4-17(5-8-19)20(25)21-18-6-3-16(13-18)14-24/h3-8,15-16,18,24H,9-14H2,1-2H3,(H,21,25)/t16-,18+/m0/s1. The first-order chi connectivity index (χ1) is 12.1. The molecule has 1 aliphatic carbocycles. The van der Waals surface area contributed by atoms with E-state index >= 15 is 0 Å². The zero-order valence-corrected chi connectivity index (χ0v) is 15.2. The van der Waals surface area contributed by atoms with Crippen molar-refractivity contribution in [1.82, 2.24) is 10.2 Å². The third-order valence-corrected chi connectivity index (χ3v) is 5.26. The van der Waals surface area contributed by atoms with Crippen molar-refractivity contribution in [3.63, 3.8) is 0 Å². The smallest absolute Gasteiger partial charge is 0.251 e. The monoisotopic (exact) mass is 343 g/mol. The van der Waals surface area contributed by atoms with Crippen LogP contribution in [-0.4, -0.2) is 60.8 Å². The summed E-state index contributed by atoms with van der Waals surface area (Å²) >= 11 is 0. The molecule has 0 radical (unpaired) electrons. The van der Waals surface area contributed by atoms with E-state index < -0.39 is 0 Å². The number of nitrogens with one attached hydrogen (secondary N) is 1. The Morgan fingerprint density at radius 1 is 1.16 bits per heavy atom. The summed E-state index contributed by atoms with van der Waals surface area (Å²) in [6, 6.07) is 8.52. The Morgan fingerprint density at radius 2 is 1.84 bits per heavy atom. The van der Waals surface area contributed by atoms with Crippen LogP contribution in [0.3, 0.4) is 0 Å². The number of benzene rings is 1. The van der Waals surface area contributed by atoms with Crippen molar-refractivity contribution in [3.05, 3.63) is 42.0 Å². The van der Waals surface area contributed by atoms with Crippen molar-refractivity contribution in [2.75, 3.05) is 37.7 Å². The second-order valence-electron chi connectivity index (χ2n) is 7.31. The van der Waals surface area contributed by atoms with E-state index in [1.54, 1.807) is 0 Å². The van der Waals surface area contributed by atoms with Crippen LogP contribution in [0.15, 0.2) is 36.4 Å². The van der Waals surface area contributed by atoms with Gasteiger partial charge in [0.05, 0.1) is 0 Å². The van der Waals surface area contributed by atoms with Crippen LogP contribution in [0.1, 0.15) is 30.6 Å². The molecule has 0 bridgehead atoms. The van der Waals surface area contributed by atoms with Gasteiger partial charge < -0.3 is 15.3 Å². The van der Waals surface area contributed by atoms with Crippen molar-refractivity contribution >= 4 is 11.6 Å². The van der Waals surface area contributed by atoms with Gasteiger partial charge in [0.2, 0.25) is 0 Å². The van der Waals surface area contributed by atoms with Gasteiger partial charge in [-0.15, -0.1) is 0 Å². The highest BCUT2D eigenvalue weighted by Crippen LogP contribution is 2.20. The molecular formula is C20H29N3O2. The molecule has 0 unspecified atom stereocenters. The molecule has 1 aromatic carbocycles. The van der Waals surface area contributed by atoms with E-state index in [4.69, 9.17) is 5.11 Å². The van der Waals surface area contributed by atoms with E-state index in [1.165, 1.54) is 5.69 Å². The number of amides is 1. The largest absolute Gasteiger partial charge is 0.396 e. The molecule has 1 heterocycles. The second-order valence-corrected chi connectivity index (χ2v) is 7.31. The minimum atomic E-state index is -0.0515. The molecule has 136 valence electrons. The predicted octanol–water partition coefficient (Wildman–Crippen LogP) is 1.88. The lowest BCUT2D eigenvalue weighted by atomic mass is 10.1. The van der Waals surface area contributed by atoms with E-state index in [2.05, 4.69) is 29.0 Å². The number of carbonyl (C=O) groups is 1. The quantitative estimate of drug-likeness (QED) is 0.802. The molecule has 5 heteroatoms. The van der Waals surface area contributed by atoms with Crippen LogP contribution in [0, 0.1) is 5.92 Å². The fourth-order valence-corrected chi connectivity index (χ4v) is 3.59. The molecule has 1 fully saturated rings. The normalized spacial score (nSPS) is 24.1. The first-order valence-corrected chi connectivity index (χ1v) is 9.26. The van der Waals surface area contributed by atoms with E-state index in [0.29, 0.717) is 11.6 Å². The third-order valence-electron chi connectivity index (χ3n) is 5.26. The van der Waals surface area contributed by atoms with Crippen molar-refractivity contribution in [2.45, 2.75) is 32.4 Å². The van der Waals surface area contributed by atoms with Crippen molar-refractivity contribution in [1.29, 1.82) is 0 Å². The maximum Gasteiger partial charge on any atom is 0.251 e. The Kier molecular flexibility index (Phi) is 5.76. The molecule has 2 atom stereocenters. The Morgan fingerprint density at radius 3 is 2.40 bits per heavy atom. The maximum atomic E-state index is 12.4. The number of hydrogen-bond donors (Lipinski definition) is 2. The summed E-state index contributed by atoms with van der Waals surface area (Å²) in [7, 11) is 0. The summed E-state index contributed by atoms with van der Waals surface area (Å²) in [4.78, 5) is 17.2. The average molecular weight is 343 g/mol. The Balaban J connectivity index is 1.54. The van der Waals surface area contributed by atoms with Crippen molar-refractivity contribution < 1.29 is 9.90 Å². The van der Waals surface area contributed by atoms with Gasteiger partial charge in [-0.1, -0.05) is 12.2 Å². The van der Waals surface area contributed by atoms with E-state index in [-0.39, 0.29) is 24.5 Å². The van der Waals surface area contributed by atoms with Crippen molar-refractivity contribution in [3.8, 4) is 0 Å². The third kappa shape index (κ3) is 4.41. The second kappa shape index (κ2) is 8.02. The number of rotatable bonds is 5. The number of anilines is 1. The molecule has 1 aromatic rings. The van der Waals surface area contributed by atoms with Crippen LogP contribution < -0.4 is 10.2 Å². The van der Waals surface area contributed by atoms with Gasteiger partial charge in [-0.3, -0.25) is 9.69 Å². The highest BCUT2D eigenvalue weighted by molar-refractivity contribution is 5.94. The molecule has 1 aliphatic heterocycles. The van der Waals surface area contributed by atoms with Crippen LogP contribution >= 0.6 is 0 Å². The van der Waals surface area contributed by atoms with Crippen LogP contribution in [0.5, 0.6) is 0 Å². The number of hydrogen-bond acceptors (Lipinski definition) is 4. The minimum Gasteiger partial charge on any atom is -0.396 e. The van der Waals surface area contributed by atoms with Gasteiger partial charge in [-0.05, 0) is 44.5 Å². The molecule has 3 rings (SSSR count). The van der Waals surface area contributed by atoms with Crippen molar-refractivity contribution in [2.24, 2.45) is 5.92 Å². The van der Waals surface area contributed by atoms with Gasteiger partial charge in [0, 0.05) is 62.0 Å². The fourth-order valence-electron chi connectivity index (χ4n) is 3.59. The van der Waals surface area contributed by atoms with Crippen LogP contribution in [-0.2, 0) is 0 Å². The summed E-state index contributed by atoms with van der Waals surface area (Å²) in [6.45, 7) is 8.84. The van der Waals surface area contributed by atoms with Crippen LogP contribution in [0.25, 0.3) is 0 Å². The lowest BCUT2D eigenvalue weighted by molar-refractivity contribution is 0.0941.